The number of nitrogens with one attached hydrogen (secondary N) is 1. The first kappa shape index (κ1) is 17.6. The van der Waals surface area contributed by atoms with Gasteiger partial charge in [0.2, 0.25) is 11.8 Å². The Morgan fingerprint density at radius 1 is 1.08 bits per heavy atom. The van der Waals surface area contributed by atoms with Crippen molar-refractivity contribution in [3.8, 4) is 0 Å². The van der Waals surface area contributed by atoms with Gasteiger partial charge in [-0.1, -0.05) is 72.5 Å². The van der Waals surface area contributed by atoms with Gasteiger partial charge in [-0.3, -0.25) is 14.5 Å². The molecule has 0 bridgehead atoms. The number of para-hydroxylation sites is 1. The number of rotatable bonds is 6. The first-order chi connectivity index (χ1) is 12.1. The minimum absolute atomic E-state index is 0.0749. The minimum Gasteiger partial charge on any atom is -0.326 e. The second-order valence-electron chi connectivity index (χ2n) is 5.72. The predicted molar refractivity (Wildman–Crippen MR) is 106 cm³/mol. The summed E-state index contributed by atoms with van der Waals surface area (Å²) in [7, 11) is 0. The van der Waals surface area contributed by atoms with E-state index in [2.05, 4.69) is 5.32 Å². The van der Waals surface area contributed by atoms with Crippen LogP contribution in [0.5, 0.6) is 0 Å². The standard InChI is InChI=1S/C19H18N2O2S2/c22-17(20-15-9-5-2-6-10-15)13-16-18(23)21(19(24)25-16)12-11-14-7-3-1-4-8-14/h1-10,16H,11-13H2,(H,20,22)/t16-/m0/s1. The van der Waals surface area contributed by atoms with Gasteiger partial charge in [0.05, 0.1) is 5.25 Å². The number of thioether (sulfide) groups is 1. The molecule has 1 saturated heterocycles. The molecule has 0 aromatic heterocycles. The molecule has 1 aliphatic rings. The topological polar surface area (TPSA) is 49.4 Å². The lowest BCUT2D eigenvalue weighted by atomic mass is 10.1. The molecule has 0 aliphatic carbocycles. The van der Waals surface area contributed by atoms with Crippen molar-refractivity contribution in [1.29, 1.82) is 0 Å². The van der Waals surface area contributed by atoms with Crippen molar-refractivity contribution in [2.24, 2.45) is 0 Å². The molecule has 2 aromatic rings. The first-order valence-corrected chi connectivity index (χ1v) is 9.33. The maximum Gasteiger partial charge on any atom is 0.242 e. The van der Waals surface area contributed by atoms with Gasteiger partial charge in [-0.25, -0.2) is 0 Å². The zero-order valence-corrected chi connectivity index (χ0v) is 15.2. The Kier molecular flexibility index (Phi) is 5.83. The molecule has 2 amide bonds. The van der Waals surface area contributed by atoms with E-state index >= 15 is 0 Å². The largest absolute Gasteiger partial charge is 0.326 e. The van der Waals surface area contributed by atoms with Crippen LogP contribution in [0.4, 0.5) is 5.69 Å². The Morgan fingerprint density at radius 3 is 2.40 bits per heavy atom. The van der Waals surface area contributed by atoms with E-state index in [1.807, 2.05) is 60.7 Å². The van der Waals surface area contributed by atoms with Crippen LogP contribution in [0, 0.1) is 0 Å². The molecule has 128 valence electrons. The van der Waals surface area contributed by atoms with Gasteiger partial charge in [0, 0.05) is 18.7 Å². The summed E-state index contributed by atoms with van der Waals surface area (Å²) in [5.41, 5.74) is 1.89. The smallest absolute Gasteiger partial charge is 0.242 e. The third kappa shape index (κ3) is 4.67. The summed E-state index contributed by atoms with van der Waals surface area (Å²) in [6.07, 6.45) is 0.872. The molecule has 0 saturated carbocycles. The van der Waals surface area contributed by atoms with E-state index < -0.39 is 5.25 Å². The molecule has 25 heavy (non-hydrogen) atoms. The molecular weight excluding hydrogens is 352 g/mol. The van der Waals surface area contributed by atoms with Crippen molar-refractivity contribution in [2.45, 2.75) is 18.1 Å². The van der Waals surface area contributed by atoms with Gasteiger partial charge in [0.15, 0.2) is 0 Å². The SMILES string of the molecule is O=C(C[C@@H]1SC(=S)N(CCc2ccccc2)C1=O)Nc1ccccc1. The maximum absolute atomic E-state index is 12.6. The van der Waals surface area contributed by atoms with E-state index in [1.165, 1.54) is 11.8 Å². The fourth-order valence-corrected chi connectivity index (χ4v) is 4.16. The van der Waals surface area contributed by atoms with E-state index in [4.69, 9.17) is 12.2 Å². The van der Waals surface area contributed by atoms with Crippen LogP contribution in [0.2, 0.25) is 0 Å². The molecule has 3 rings (SSSR count). The lowest BCUT2D eigenvalue weighted by molar-refractivity contribution is -0.128. The number of hydrogen-bond acceptors (Lipinski definition) is 4. The highest BCUT2D eigenvalue weighted by atomic mass is 32.2. The molecule has 1 N–H and O–H groups in total. The number of anilines is 1. The number of carbonyl (C=O) groups is 2. The van der Waals surface area contributed by atoms with Crippen molar-refractivity contribution in [2.75, 3.05) is 11.9 Å². The molecule has 6 heteroatoms. The third-order valence-corrected chi connectivity index (χ3v) is 5.48. The number of thiocarbonyl (C=S) groups is 1. The quantitative estimate of drug-likeness (QED) is 0.791. The van der Waals surface area contributed by atoms with Crippen LogP contribution in [-0.2, 0) is 16.0 Å². The van der Waals surface area contributed by atoms with E-state index in [0.717, 1.165) is 17.7 Å². The van der Waals surface area contributed by atoms with E-state index in [0.29, 0.717) is 10.9 Å². The molecule has 0 radical (unpaired) electrons. The van der Waals surface area contributed by atoms with Crippen molar-refractivity contribution in [3.05, 3.63) is 66.2 Å². The van der Waals surface area contributed by atoms with E-state index in [9.17, 15) is 9.59 Å². The molecule has 0 unspecified atom stereocenters. The van der Waals surface area contributed by atoms with Crippen molar-refractivity contribution in [1.82, 2.24) is 4.90 Å². The minimum atomic E-state index is -0.438. The molecule has 1 heterocycles. The van der Waals surface area contributed by atoms with Crippen LogP contribution < -0.4 is 5.32 Å². The zero-order valence-electron chi connectivity index (χ0n) is 13.6. The Morgan fingerprint density at radius 2 is 1.72 bits per heavy atom. The third-order valence-electron chi connectivity index (χ3n) is 3.90. The number of benzene rings is 2. The first-order valence-electron chi connectivity index (χ1n) is 8.04. The number of hydrogen-bond donors (Lipinski definition) is 1. The Balaban J connectivity index is 1.54. The summed E-state index contributed by atoms with van der Waals surface area (Å²) in [5.74, 6) is -0.251. The Labute approximate surface area is 156 Å². The number of nitrogens with zero attached hydrogens (tertiary/aromatic N) is 1. The van der Waals surface area contributed by atoms with E-state index in [-0.39, 0.29) is 18.2 Å². The predicted octanol–water partition coefficient (Wildman–Crippen LogP) is 3.49. The summed E-state index contributed by atoms with van der Waals surface area (Å²) in [5, 5.41) is 2.37. The van der Waals surface area contributed by atoms with Gasteiger partial charge in [-0.2, -0.15) is 0 Å². The highest BCUT2D eigenvalue weighted by Crippen LogP contribution is 2.30. The molecule has 1 aliphatic heterocycles. The second-order valence-corrected chi connectivity index (χ2v) is 7.55. The summed E-state index contributed by atoms with van der Waals surface area (Å²) in [6, 6.07) is 19.2. The lowest BCUT2D eigenvalue weighted by Crippen LogP contribution is -2.34. The van der Waals surface area contributed by atoms with Gasteiger partial charge in [0.25, 0.3) is 0 Å². The molecule has 0 spiro atoms. The molecule has 1 atom stereocenters. The molecular formula is C19H18N2O2S2. The summed E-state index contributed by atoms with van der Waals surface area (Å²) in [6.45, 7) is 0.547. The monoisotopic (exact) mass is 370 g/mol. The normalized spacial score (nSPS) is 17.0. The lowest BCUT2D eigenvalue weighted by Gasteiger charge is -2.15. The average molecular weight is 370 g/mol. The molecule has 2 aromatic carbocycles. The van der Waals surface area contributed by atoms with Crippen LogP contribution >= 0.6 is 24.0 Å². The van der Waals surface area contributed by atoms with Gasteiger partial charge in [0.1, 0.15) is 4.32 Å². The summed E-state index contributed by atoms with van der Waals surface area (Å²) in [4.78, 5) is 26.3. The zero-order chi connectivity index (χ0) is 17.6. The van der Waals surface area contributed by atoms with Gasteiger partial charge in [-0.05, 0) is 24.1 Å². The fraction of sp³-hybridized carbons (Fsp3) is 0.211. The highest BCUT2D eigenvalue weighted by Gasteiger charge is 2.37. The number of carbonyl (C=O) groups excluding carboxylic acids is 2. The fourth-order valence-electron chi connectivity index (χ4n) is 2.62. The van der Waals surface area contributed by atoms with Crippen molar-refractivity contribution < 1.29 is 9.59 Å². The van der Waals surface area contributed by atoms with Crippen LogP contribution in [0.15, 0.2) is 60.7 Å². The van der Waals surface area contributed by atoms with Gasteiger partial charge < -0.3 is 5.32 Å². The Bertz CT molecular complexity index is 766. The average Bonchev–Trinajstić information content (AvgIpc) is 2.88. The summed E-state index contributed by atoms with van der Waals surface area (Å²) < 4.78 is 0.554. The van der Waals surface area contributed by atoms with Gasteiger partial charge in [-0.15, -0.1) is 0 Å². The van der Waals surface area contributed by atoms with Crippen molar-refractivity contribution >= 4 is 45.8 Å². The van der Waals surface area contributed by atoms with Gasteiger partial charge >= 0.3 is 0 Å². The Hall–Kier alpha value is -2.18. The van der Waals surface area contributed by atoms with Crippen molar-refractivity contribution in [3.63, 3.8) is 0 Å². The van der Waals surface area contributed by atoms with Crippen LogP contribution in [0.1, 0.15) is 12.0 Å². The van der Waals surface area contributed by atoms with Crippen LogP contribution in [-0.4, -0.2) is 32.8 Å². The molecule has 1 fully saturated rings. The van der Waals surface area contributed by atoms with Crippen LogP contribution in [0.25, 0.3) is 0 Å². The van der Waals surface area contributed by atoms with E-state index in [1.54, 1.807) is 4.90 Å². The maximum atomic E-state index is 12.6. The summed E-state index contributed by atoms with van der Waals surface area (Å²) >= 11 is 6.63. The second kappa shape index (κ2) is 8.27. The highest BCUT2D eigenvalue weighted by molar-refractivity contribution is 8.24. The van der Waals surface area contributed by atoms with Crippen LogP contribution in [0.3, 0.4) is 0 Å². The number of amides is 2. The molecule has 4 nitrogen and oxygen atoms in total.